The van der Waals surface area contributed by atoms with Gasteiger partial charge in [-0.15, -0.1) is 0 Å². The number of carbonyl (C=O) groups is 2. The summed E-state index contributed by atoms with van der Waals surface area (Å²) in [7, 11) is 1.61. The Bertz CT molecular complexity index is 572. The highest BCUT2D eigenvalue weighted by molar-refractivity contribution is 6.32. The molecule has 27 heavy (non-hydrogen) atoms. The van der Waals surface area contributed by atoms with Crippen molar-refractivity contribution in [3.05, 3.63) is 23.2 Å². The fourth-order valence-electron chi connectivity index (χ4n) is 3.11. The lowest BCUT2D eigenvalue weighted by Gasteiger charge is -2.10. The molecule has 0 unspecified atom stereocenters. The second-order valence-electron chi connectivity index (χ2n) is 7.04. The van der Waals surface area contributed by atoms with E-state index in [-0.39, 0.29) is 17.5 Å². The van der Waals surface area contributed by atoms with Crippen molar-refractivity contribution in [1.82, 2.24) is 0 Å². The van der Waals surface area contributed by atoms with E-state index >= 15 is 0 Å². The summed E-state index contributed by atoms with van der Waals surface area (Å²) in [5, 5.41) is 0.575. The number of carbonyl (C=O) groups excluding carboxylic acids is 2. The van der Waals surface area contributed by atoms with Crippen LogP contribution in [0, 0.1) is 5.92 Å². The first-order chi connectivity index (χ1) is 13.0. The molecule has 5 heteroatoms. The number of ketones is 2. The van der Waals surface area contributed by atoms with Crippen molar-refractivity contribution in [1.29, 1.82) is 0 Å². The molecule has 4 nitrogen and oxygen atoms in total. The quantitative estimate of drug-likeness (QED) is 0.268. The fourth-order valence-corrected chi connectivity index (χ4v) is 3.34. The van der Waals surface area contributed by atoms with Crippen LogP contribution in [-0.4, -0.2) is 25.3 Å². The van der Waals surface area contributed by atoms with Crippen LogP contribution in [0.4, 0.5) is 0 Å². The maximum Gasteiger partial charge on any atom is 0.140 e. The van der Waals surface area contributed by atoms with Gasteiger partial charge < -0.3 is 9.47 Å². The highest BCUT2D eigenvalue weighted by atomic mass is 35.5. The smallest absolute Gasteiger partial charge is 0.140 e. The predicted octanol–water partition coefficient (Wildman–Crippen LogP) is 6.03. The molecular formula is C22H33ClO4. The molecule has 0 spiro atoms. The Hall–Kier alpha value is -1.55. The Morgan fingerprint density at radius 3 is 2.00 bits per heavy atom. The summed E-state index contributed by atoms with van der Waals surface area (Å²) in [6, 6.07) is 5.44. The minimum absolute atomic E-state index is 0.000599. The van der Waals surface area contributed by atoms with Crippen LogP contribution in [0.15, 0.2) is 18.2 Å². The molecule has 1 aromatic carbocycles. The first kappa shape index (κ1) is 23.5. The van der Waals surface area contributed by atoms with Crippen LogP contribution >= 0.6 is 11.6 Å². The topological polar surface area (TPSA) is 52.6 Å². The van der Waals surface area contributed by atoms with E-state index in [1.165, 1.54) is 39.5 Å². The van der Waals surface area contributed by atoms with Crippen LogP contribution in [0.5, 0.6) is 11.5 Å². The standard InChI is InChI=1S/C22H33ClO4/c1-17(24)20(18(2)25)12-10-8-6-4-5-7-9-11-15-27-22-14-13-19(26-3)16-21(22)23/h13-14,16,20H,4-12,15H2,1-3H3. The largest absolute Gasteiger partial charge is 0.497 e. The minimum Gasteiger partial charge on any atom is -0.497 e. The summed E-state index contributed by atoms with van der Waals surface area (Å²) in [6.07, 6.45) is 9.70. The van der Waals surface area contributed by atoms with Gasteiger partial charge >= 0.3 is 0 Å². The molecule has 0 fully saturated rings. The summed E-state index contributed by atoms with van der Waals surface area (Å²) in [4.78, 5) is 22.7. The molecule has 0 bridgehead atoms. The predicted molar refractivity (Wildman–Crippen MR) is 110 cm³/mol. The van der Waals surface area contributed by atoms with Gasteiger partial charge in [0, 0.05) is 6.07 Å². The number of halogens is 1. The van der Waals surface area contributed by atoms with Crippen LogP contribution in [0.3, 0.4) is 0 Å². The summed E-state index contributed by atoms with van der Waals surface area (Å²) >= 11 is 6.14. The third-order valence-corrected chi connectivity index (χ3v) is 5.06. The highest BCUT2D eigenvalue weighted by Crippen LogP contribution is 2.28. The Morgan fingerprint density at radius 1 is 0.926 bits per heavy atom. The van der Waals surface area contributed by atoms with Gasteiger partial charge in [0.15, 0.2) is 0 Å². The molecule has 0 aliphatic heterocycles. The van der Waals surface area contributed by atoms with E-state index in [2.05, 4.69) is 0 Å². The molecule has 0 N–H and O–H groups in total. The molecule has 0 atom stereocenters. The van der Waals surface area contributed by atoms with Crippen molar-refractivity contribution < 1.29 is 19.1 Å². The van der Waals surface area contributed by atoms with Crippen molar-refractivity contribution in [2.75, 3.05) is 13.7 Å². The molecule has 1 aromatic rings. The Kier molecular flexibility index (Phi) is 11.8. The average molecular weight is 397 g/mol. The number of ether oxygens (including phenoxy) is 2. The molecule has 1 rings (SSSR count). The lowest BCUT2D eigenvalue weighted by molar-refractivity contribution is -0.130. The van der Waals surface area contributed by atoms with Crippen molar-refractivity contribution in [2.45, 2.75) is 71.6 Å². The van der Waals surface area contributed by atoms with Gasteiger partial charge in [0.2, 0.25) is 0 Å². The van der Waals surface area contributed by atoms with Gasteiger partial charge in [-0.25, -0.2) is 0 Å². The summed E-state index contributed by atoms with van der Waals surface area (Å²) in [5.41, 5.74) is 0. The average Bonchev–Trinajstić information content (AvgIpc) is 2.62. The van der Waals surface area contributed by atoms with Gasteiger partial charge in [-0.05, 0) is 38.8 Å². The summed E-state index contributed by atoms with van der Waals surface area (Å²) < 4.78 is 10.8. The van der Waals surface area contributed by atoms with Gasteiger partial charge in [0.25, 0.3) is 0 Å². The third-order valence-electron chi connectivity index (χ3n) is 4.77. The second-order valence-corrected chi connectivity index (χ2v) is 7.44. The van der Waals surface area contributed by atoms with Crippen LogP contribution in [0.2, 0.25) is 5.02 Å². The van der Waals surface area contributed by atoms with E-state index < -0.39 is 0 Å². The first-order valence-electron chi connectivity index (χ1n) is 9.93. The van der Waals surface area contributed by atoms with E-state index in [9.17, 15) is 9.59 Å². The van der Waals surface area contributed by atoms with E-state index in [0.29, 0.717) is 23.8 Å². The van der Waals surface area contributed by atoms with E-state index in [1.807, 2.05) is 12.1 Å². The van der Waals surface area contributed by atoms with Gasteiger partial charge in [-0.2, -0.15) is 0 Å². The summed E-state index contributed by atoms with van der Waals surface area (Å²) in [6.45, 7) is 3.69. The van der Waals surface area contributed by atoms with Crippen LogP contribution in [0.1, 0.15) is 71.6 Å². The fraction of sp³-hybridized carbons (Fsp3) is 0.636. The lowest BCUT2D eigenvalue weighted by Crippen LogP contribution is -2.19. The second kappa shape index (κ2) is 13.6. The normalized spacial score (nSPS) is 10.9. The molecule has 0 heterocycles. The monoisotopic (exact) mass is 396 g/mol. The Balaban J connectivity index is 1.99. The molecule has 0 saturated heterocycles. The van der Waals surface area contributed by atoms with E-state index in [0.717, 1.165) is 31.4 Å². The van der Waals surface area contributed by atoms with Gasteiger partial charge in [-0.3, -0.25) is 9.59 Å². The zero-order chi connectivity index (χ0) is 20.1. The maximum absolute atomic E-state index is 11.4. The van der Waals surface area contributed by atoms with Crippen LogP contribution in [-0.2, 0) is 9.59 Å². The molecule has 0 amide bonds. The maximum atomic E-state index is 11.4. The summed E-state index contributed by atoms with van der Waals surface area (Å²) in [5.74, 6) is 1.04. The molecule has 0 aromatic heterocycles. The van der Waals surface area contributed by atoms with Crippen molar-refractivity contribution in [3.8, 4) is 11.5 Å². The molecular weight excluding hydrogens is 364 g/mol. The number of hydrogen-bond donors (Lipinski definition) is 0. The Labute approximate surface area is 168 Å². The van der Waals surface area contributed by atoms with E-state index in [1.54, 1.807) is 13.2 Å². The van der Waals surface area contributed by atoms with Crippen LogP contribution < -0.4 is 9.47 Å². The zero-order valence-electron chi connectivity index (χ0n) is 16.9. The molecule has 0 aliphatic rings. The molecule has 0 radical (unpaired) electrons. The Morgan fingerprint density at radius 2 is 1.48 bits per heavy atom. The number of methoxy groups -OCH3 is 1. The molecule has 0 aliphatic carbocycles. The first-order valence-corrected chi connectivity index (χ1v) is 10.3. The third kappa shape index (κ3) is 9.81. The SMILES string of the molecule is COc1ccc(OCCCCCCCCCCC(C(C)=O)C(C)=O)c(Cl)c1. The number of rotatable bonds is 15. The zero-order valence-corrected chi connectivity index (χ0v) is 17.6. The van der Waals surface area contributed by atoms with Gasteiger partial charge in [-0.1, -0.05) is 56.5 Å². The van der Waals surface area contributed by atoms with Crippen molar-refractivity contribution in [2.24, 2.45) is 5.92 Å². The van der Waals surface area contributed by atoms with E-state index in [4.69, 9.17) is 21.1 Å². The lowest BCUT2D eigenvalue weighted by atomic mass is 9.93. The number of Topliss-reactive ketones (excluding diaryl/α,β-unsaturated/α-hetero) is 2. The minimum atomic E-state index is -0.385. The molecule has 152 valence electrons. The van der Waals surface area contributed by atoms with Gasteiger partial charge in [0.05, 0.1) is 24.7 Å². The highest BCUT2D eigenvalue weighted by Gasteiger charge is 2.18. The number of benzene rings is 1. The van der Waals surface area contributed by atoms with Crippen LogP contribution in [0.25, 0.3) is 0 Å². The van der Waals surface area contributed by atoms with Gasteiger partial charge in [0.1, 0.15) is 23.1 Å². The molecule has 0 saturated carbocycles. The number of unbranched alkanes of at least 4 members (excludes halogenated alkanes) is 7. The van der Waals surface area contributed by atoms with Crippen molar-refractivity contribution in [3.63, 3.8) is 0 Å². The van der Waals surface area contributed by atoms with Crippen molar-refractivity contribution >= 4 is 23.2 Å². The number of hydrogen-bond acceptors (Lipinski definition) is 4.